The summed E-state index contributed by atoms with van der Waals surface area (Å²) in [6, 6.07) is 15.9. The van der Waals surface area contributed by atoms with Gasteiger partial charge in [0.2, 0.25) is 15.9 Å². The summed E-state index contributed by atoms with van der Waals surface area (Å²) < 4.78 is 25.4. The second-order valence-corrected chi connectivity index (χ2v) is 9.09. The number of sulfonamides is 1. The van der Waals surface area contributed by atoms with Gasteiger partial charge in [-0.15, -0.1) is 0 Å². The minimum atomic E-state index is -3.59. The van der Waals surface area contributed by atoms with Gasteiger partial charge in [0, 0.05) is 19.6 Å². The second kappa shape index (κ2) is 9.19. The summed E-state index contributed by atoms with van der Waals surface area (Å²) in [5, 5.41) is 2.71. The Kier molecular flexibility index (Phi) is 6.66. The van der Waals surface area contributed by atoms with Crippen molar-refractivity contribution in [2.24, 2.45) is 0 Å². The Bertz CT molecular complexity index is 970. The smallest absolute Gasteiger partial charge is 0.255 e. The van der Waals surface area contributed by atoms with Gasteiger partial charge in [-0.1, -0.05) is 42.5 Å². The van der Waals surface area contributed by atoms with E-state index in [1.807, 2.05) is 18.2 Å². The number of nitrogens with zero attached hydrogens (tertiary/aromatic N) is 2. The van der Waals surface area contributed by atoms with Crippen LogP contribution in [0.15, 0.2) is 54.6 Å². The highest BCUT2D eigenvalue weighted by atomic mass is 32.2. The standard InChI is InChI=1S/C21H25N3O4S/c1-29(27,28)24(15-17-9-3-2-4-10-17)16-20(25)22-19-12-6-5-11-18(19)21(26)23-13-7-8-14-23/h2-6,9-12H,7-8,13-16H2,1H3,(H,22,25). The van der Waals surface area contributed by atoms with E-state index in [9.17, 15) is 18.0 Å². The molecule has 1 N–H and O–H groups in total. The molecule has 29 heavy (non-hydrogen) atoms. The van der Waals surface area contributed by atoms with Crippen LogP contribution in [-0.4, -0.2) is 55.3 Å². The van der Waals surface area contributed by atoms with E-state index >= 15 is 0 Å². The van der Waals surface area contributed by atoms with Crippen molar-refractivity contribution in [3.05, 3.63) is 65.7 Å². The number of anilines is 1. The molecule has 2 aromatic carbocycles. The lowest BCUT2D eigenvalue weighted by Crippen LogP contribution is -2.37. The first-order valence-corrected chi connectivity index (χ1v) is 11.4. The second-order valence-electron chi connectivity index (χ2n) is 7.11. The molecular weight excluding hydrogens is 390 g/mol. The van der Waals surface area contributed by atoms with Crippen molar-refractivity contribution < 1.29 is 18.0 Å². The fourth-order valence-corrected chi connectivity index (χ4v) is 4.03. The summed E-state index contributed by atoms with van der Waals surface area (Å²) in [6.07, 6.45) is 3.03. The number of para-hydroxylation sites is 1. The monoisotopic (exact) mass is 415 g/mol. The Morgan fingerprint density at radius 1 is 1.00 bits per heavy atom. The molecule has 8 heteroatoms. The zero-order chi connectivity index (χ0) is 20.9. The highest BCUT2D eigenvalue weighted by Crippen LogP contribution is 2.20. The van der Waals surface area contributed by atoms with E-state index in [4.69, 9.17) is 0 Å². The molecule has 0 atom stereocenters. The van der Waals surface area contributed by atoms with Gasteiger partial charge < -0.3 is 10.2 Å². The Morgan fingerprint density at radius 2 is 1.62 bits per heavy atom. The number of hydrogen-bond acceptors (Lipinski definition) is 4. The molecule has 1 aliphatic rings. The number of nitrogens with one attached hydrogen (secondary N) is 1. The summed E-state index contributed by atoms with van der Waals surface area (Å²) in [4.78, 5) is 27.1. The van der Waals surface area contributed by atoms with Crippen LogP contribution in [0.3, 0.4) is 0 Å². The molecule has 0 aliphatic carbocycles. The lowest BCUT2D eigenvalue weighted by atomic mass is 10.1. The summed E-state index contributed by atoms with van der Waals surface area (Å²) in [7, 11) is -3.59. The quantitative estimate of drug-likeness (QED) is 0.752. The molecule has 0 aromatic heterocycles. The molecule has 2 amide bonds. The van der Waals surface area contributed by atoms with Crippen molar-refractivity contribution in [1.82, 2.24) is 9.21 Å². The number of benzene rings is 2. The molecule has 1 fully saturated rings. The van der Waals surface area contributed by atoms with Gasteiger partial charge in [-0.3, -0.25) is 9.59 Å². The van der Waals surface area contributed by atoms with E-state index in [-0.39, 0.29) is 19.0 Å². The fraction of sp³-hybridized carbons (Fsp3) is 0.333. The molecular formula is C21H25N3O4S. The summed E-state index contributed by atoms with van der Waals surface area (Å²) in [5.74, 6) is -0.615. The number of carbonyl (C=O) groups excluding carboxylic acids is 2. The summed E-state index contributed by atoms with van der Waals surface area (Å²) >= 11 is 0. The Morgan fingerprint density at radius 3 is 2.28 bits per heavy atom. The fourth-order valence-electron chi connectivity index (χ4n) is 3.30. The van der Waals surface area contributed by atoms with E-state index in [2.05, 4.69) is 5.32 Å². The summed E-state index contributed by atoms with van der Waals surface area (Å²) in [5.41, 5.74) is 1.59. The van der Waals surface area contributed by atoms with E-state index in [0.29, 0.717) is 24.3 Å². The number of rotatable bonds is 7. The van der Waals surface area contributed by atoms with E-state index in [0.717, 1.165) is 29.0 Å². The van der Waals surface area contributed by atoms with Crippen molar-refractivity contribution in [1.29, 1.82) is 0 Å². The van der Waals surface area contributed by atoms with Crippen LogP contribution in [0, 0.1) is 0 Å². The van der Waals surface area contributed by atoms with Gasteiger partial charge in [0.15, 0.2) is 0 Å². The Hall–Kier alpha value is -2.71. The van der Waals surface area contributed by atoms with Gasteiger partial charge in [-0.2, -0.15) is 4.31 Å². The predicted molar refractivity (Wildman–Crippen MR) is 112 cm³/mol. The van der Waals surface area contributed by atoms with Crippen LogP contribution >= 0.6 is 0 Å². The van der Waals surface area contributed by atoms with Gasteiger partial charge in [0.25, 0.3) is 5.91 Å². The number of carbonyl (C=O) groups is 2. The number of hydrogen-bond donors (Lipinski definition) is 1. The number of amides is 2. The molecule has 0 saturated carbocycles. The minimum Gasteiger partial charge on any atom is -0.339 e. The maximum absolute atomic E-state index is 12.7. The minimum absolute atomic E-state index is 0.0987. The molecule has 3 rings (SSSR count). The first kappa shape index (κ1) is 21.0. The molecule has 7 nitrogen and oxygen atoms in total. The number of likely N-dealkylation sites (tertiary alicyclic amines) is 1. The largest absolute Gasteiger partial charge is 0.339 e. The third-order valence-electron chi connectivity index (χ3n) is 4.82. The van der Waals surface area contributed by atoms with Crippen LogP contribution < -0.4 is 5.32 Å². The molecule has 1 aliphatic heterocycles. The zero-order valence-electron chi connectivity index (χ0n) is 16.4. The van der Waals surface area contributed by atoms with Gasteiger partial charge in [0.05, 0.1) is 24.1 Å². The molecule has 2 aromatic rings. The van der Waals surface area contributed by atoms with Crippen molar-refractivity contribution in [2.75, 3.05) is 31.2 Å². The first-order valence-electron chi connectivity index (χ1n) is 9.52. The van der Waals surface area contributed by atoms with E-state index in [1.54, 1.807) is 41.3 Å². The van der Waals surface area contributed by atoms with Gasteiger partial charge in [0.1, 0.15) is 0 Å². The average Bonchev–Trinajstić information content (AvgIpc) is 3.22. The first-order chi connectivity index (χ1) is 13.8. The van der Waals surface area contributed by atoms with Gasteiger partial charge in [-0.25, -0.2) is 8.42 Å². The van der Waals surface area contributed by atoms with Crippen molar-refractivity contribution in [2.45, 2.75) is 19.4 Å². The van der Waals surface area contributed by atoms with Crippen LogP contribution in [-0.2, 0) is 21.4 Å². The summed E-state index contributed by atoms with van der Waals surface area (Å²) in [6.45, 7) is 1.18. The Balaban J connectivity index is 1.73. The lowest BCUT2D eigenvalue weighted by molar-refractivity contribution is -0.116. The van der Waals surface area contributed by atoms with Crippen LogP contribution in [0.1, 0.15) is 28.8 Å². The third-order valence-corrected chi connectivity index (χ3v) is 6.01. The van der Waals surface area contributed by atoms with Crippen molar-refractivity contribution in [3.8, 4) is 0 Å². The van der Waals surface area contributed by atoms with Crippen LogP contribution in [0.2, 0.25) is 0 Å². The molecule has 0 bridgehead atoms. The SMILES string of the molecule is CS(=O)(=O)N(CC(=O)Nc1ccccc1C(=O)N1CCCC1)Cc1ccccc1. The molecule has 0 radical (unpaired) electrons. The predicted octanol–water partition coefficient (Wildman–Crippen LogP) is 2.32. The maximum Gasteiger partial charge on any atom is 0.255 e. The van der Waals surface area contributed by atoms with Gasteiger partial charge >= 0.3 is 0 Å². The highest BCUT2D eigenvalue weighted by Gasteiger charge is 2.24. The molecule has 1 saturated heterocycles. The molecule has 1 heterocycles. The molecule has 0 unspecified atom stereocenters. The average molecular weight is 416 g/mol. The molecule has 0 spiro atoms. The van der Waals surface area contributed by atoms with E-state index < -0.39 is 15.9 Å². The Labute approximate surface area is 171 Å². The highest BCUT2D eigenvalue weighted by molar-refractivity contribution is 7.88. The van der Waals surface area contributed by atoms with Gasteiger partial charge in [-0.05, 0) is 30.5 Å². The van der Waals surface area contributed by atoms with Crippen LogP contribution in [0.5, 0.6) is 0 Å². The van der Waals surface area contributed by atoms with Crippen molar-refractivity contribution in [3.63, 3.8) is 0 Å². The zero-order valence-corrected chi connectivity index (χ0v) is 17.2. The van der Waals surface area contributed by atoms with Crippen LogP contribution in [0.4, 0.5) is 5.69 Å². The van der Waals surface area contributed by atoms with Crippen molar-refractivity contribution >= 4 is 27.5 Å². The molecule has 154 valence electrons. The third kappa shape index (κ3) is 5.65. The lowest BCUT2D eigenvalue weighted by Gasteiger charge is -2.21. The van der Waals surface area contributed by atoms with Crippen LogP contribution in [0.25, 0.3) is 0 Å². The van der Waals surface area contributed by atoms with E-state index in [1.165, 1.54) is 0 Å². The topological polar surface area (TPSA) is 86.8 Å². The normalized spacial score (nSPS) is 14.2. The maximum atomic E-state index is 12.7.